The summed E-state index contributed by atoms with van der Waals surface area (Å²) in [6, 6.07) is 26.8. The number of rotatable bonds is 10. The first-order valence-corrected chi connectivity index (χ1v) is 13.4. The van der Waals surface area contributed by atoms with E-state index in [4.69, 9.17) is 0 Å². The molecule has 0 saturated heterocycles. The fourth-order valence-electron chi connectivity index (χ4n) is 4.17. The molecule has 1 unspecified atom stereocenters. The highest BCUT2D eigenvalue weighted by Crippen LogP contribution is 2.29. The first-order valence-electron chi connectivity index (χ1n) is 12.4. The monoisotopic (exact) mass is 498 g/mol. The number of aromatic nitrogens is 3. The largest absolute Gasteiger partial charge is 0.346 e. The second-order valence-corrected chi connectivity index (χ2v) is 10.6. The quantitative estimate of drug-likeness (QED) is 0.250. The van der Waals surface area contributed by atoms with Crippen molar-refractivity contribution in [2.45, 2.75) is 57.5 Å². The van der Waals surface area contributed by atoms with Crippen molar-refractivity contribution in [2.24, 2.45) is 5.92 Å². The Morgan fingerprint density at radius 3 is 2.31 bits per heavy atom. The Balaban J connectivity index is 1.72. The Morgan fingerprint density at radius 1 is 0.889 bits per heavy atom. The summed E-state index contributed by atoms with van der Waals surface area (Å²) in [4.78, 5) is 12.9. The molecule has 5 nitrogen and oxygen atoms in total. The van der Waals surface area contributed by atoms with Crippen LogP contribution in [-0.4, -0.2) is 20.7 Å². The molecule has 0 aliphatic heterocycles. The van der Waals surface area contributed by atoms with E-state index in [1.807, 2.05) is 18.2 Å². The number of benzene rings is 3. The van der Waals surface area contributed by atoms with Crippen molar-refractivity contribution in [1.82, 2.24) is 20.1 Å². The normalized spacial score (nSPS) is 12.0. The van der Waals surface area contributed by atoms with Crippen molar-refractivity contribution in [3.63, 3.8) is 0 Å². The predicted octanol–water partition coefficient (Wildman–Crippen LogP) is 6.62. The molecule has 1 amide bonds. The summed E-state index contributed by atoms with van der Waals surface area (Å²) in [6.45, 7) is 8.30. The highest BCUT2D eigenvalue weighted by Gasteiger charge is 2.25. The number of hydrogen-bond acceptors (Lipinski definition) is 4. The molecule has 4 aromatic rings. The van der Waals surface area contributed by atoms with Crippen molar-refractivity contribution < 1.29 is 4.79 Å². The number of amides is 1. The third-order valence-corrected chi connectivity index (χ3v) is 6.92. The molecule has 6 heteroatoms. The Bertz CT molecular complexity index is 1280. The summed E-state index contributed by atoms with van der Waals surface area (Å²) in [7, 11) is 0. The van der Waals surface area contributed by atoms with E-state index in [2.05, 4.69) is 108 Å². The molecule has 0 radical (unpaired) electrons. The van der Waals surface area contributed by atoms with Gasteiger partial charge in [-0.1, -0.05) is 103 Å². The van der Waals surface area contributed by atoms with Crippen molar-refractivity contribution in [1.29, 1.82) is 0 Å². The average Bonchev–Trinajstić information content (AvgIpc) is 3.27. The summed E-state index contributed by atoms with van der Waals surface area (Å²) in [5.74, 6) is 1.83. The van der Waals surface area contributed by atoms with E-state index in [1.165, 1.54) is 16.7 Å². The van der Waals surface area contributed by atoms with Crippen LogP contribution in [0.15, 0.2) is 84.0 Å². The Kier molecular flexibility index (Phi) is 8.60. The van der Waals surface area contributed by atoms with E-state index < -0.39 is 0 Å². The maximum Gasteiger partial charge on any atom is 0.220 e. The van der Waals surface area contributed by atoms with Crippen molar-refractivity contribution in [2.75, 3.05) is 0 Å². The molecular weight excluding hydrogens is 464 g/mol. The summed E-state index contributed by atoms with van der Waals surface area (Å²) < 4.78 is 2.10. The zero-order valence-electron chi connectivity index (χ0n) is 21.4. The minimum atomic E-state index is -0.305. The number of carbonyl (C=O) groups excluding carboxylic acids is 1. The van der Waals surface area contributed by atoms with Crippen LogP contribution in [0.1, 0.15) is 54.4 Å². The van der Waals surface area contributed by atoms with Gasteiger partial charge in [0.1, 0.15) is 0 Å². The van der Waals surface area contributed by atoms with Gasteiger partial charge in [0.25, 0.3) is 0 Å². The van der Waals surface area contributed by atoms with Gasteiger partial charge in [-0.15, -0.1) is 10.2 Å². The summed E-state index contributed by atoms with van der Waals surface area (Å²) in [6.07, 6.45) is 1.11. The van der Waals surface area contributed by atoms with Gasteiger partial charge in [0.15, 0.2) is 11.0 Å². The molecule has 4 rings (SSSR count). The van der Waals surface area contributed by atoms with Crippen LogP contribution >= 0.6 is 11.8 Å². The van der Waals surface area contributed by atoms with Gasteiger partial charge in [0.05, 0.1) is 6.04 Å². The van der Waals surface area contributed by atoms with Crippen LogP contribution in [-0.2, 0) is 17.0 Å². The molecule has 0 spiro atoms. The molecule has 1 atom stereocenters. The SMILES string of the molecule is Cc1ccc(-n2c(SCc3cccc(C)c3)nnc2C(Cc2ccccc2)NC(=O)CC(C)C)cc1. The molecule has 0 aliphatic carbocycles. The van der Waals surface area contributed by atoms with Crippen LogP contribution in [0.4, 0.5) is 0 Å². The second kappa shape index (κ2) is 12.0. The first kappa shape index (κ1) is 25.7. The molecule has 0 saturated carbocycles. The van der Waals surface area contributed by atoms with Crippen LogP contribution in [0.2, 0.25) is 0 Å². The van der Waals surface area contributed by atoms with Gasteiger partial charge in [-0.25, -0.2) is 0 Å². The number of thioether (sulfide) groups is 1. The Hall–Kier alpha value is -3.38. The molecule has 1 N–H and O–H groups in total. The standard InChI is InChI=1S/C30H34N4OS/c1-21(2)17-28(35)31-27(19-24-10-6-5-7-11-24)29-32-33-30(34(29)26-15-13-22(3)14-16-26)36-20-25-12-8-9-23(4)18-25/h5-16,18,21,27H,17,19-20H2,1-4H3,(H,31,35). The number of nitrogens with one attached hydrogen (secondary N) is 1. The van der Waals surface area contributed by atoms with Gasteiger partial charge in [-0.2, -0.15) is 0 Å². The molecule has 1 heterocycles. The van der Waals surface area contributed by atoms with Crippen LogP contribution in [0.5, 0.6) is 0 Å². The predicted molar refractivity (Wildman–Crippen MR) is 147 cm³/mol. The van der Waals surface area contributed by atoms with E-state index in [-0.39, 0.29) is 17.9 Å². The average molecular weight is 499 g/mol. The highest BCUT2D eigenvalue weighted by atomic mass is 32.2. The third kappa shape index (κ3) is 6.85. The minimum Gasteiger partial charge on any atom is -0.346 e. The molecule has 0 bridgehead atoms. The smallest absolute Gasteiger partial charge is 0.220 e. The Morgan fingerprint density at radius 2 is 1.61 bits per heavy atom. The zero-order valence-corrected chi connectivity index (χ0v) is 22.3. The van der Waals surface area contributed by atoms with E-state index in [1.54, 1.807) is 11.8 Å². The lowest BCUT2D eigenvalue weighted by Crippen LogP contribution is -2.32. The van der Waals surface area contributed by atoms with E-state index >= 15 is 0 Å². The fraction of sp³-hybridized carbons (Fsp3) is 0.300. The van der Waals surface area contributed by atoms with Gasteiger partial charge < -0.3 is 5.32 Å². The van der Waals surface area contributed by atoms with Gasteiger partial charge in [0, 0.05) is 17.9 Å². The molecule has 0 fully saturated rings. The molecule has 186 valence electrons. The van der Waals surface area contributed by atoms with Crippen molar-refractivity contribution >= 4 is 17.7 Å². The Labute approximate surface area is 218 Å². The maximum atomic E-state index is 12.9. The summed E-state index contributed by atoms with van der Waals surface area (Å²) in [5.41, 5.74) is 5.80. The first-order chi connectivity index (χ1) is 17.4. The second-order valence-electron chi connectivity index (χ2n) is 9.70. The number of hydrogen-bond donors (Lipinski definition) is 1. The number of carbonyl (C=O) groups is 1. The van der Waals surface area contributed by atoms with Crippen LogP contribution in [0.3, 0.4) is 0 Å². The lowest BCUT2D eigenvalue weighted by Gasteiger charge is -2.21. The van der Waals surface area contributed by atoms with Crippen LogP contribution in [0, 0.1) is 19.8 Å². The topological polar surface area (TPSA) is 59.8 Å². The van der Waals surface area contributed by atoms with Gasteiger partial charge in [-0.05, 0) is 49.4 Å². The van der Waals surface area contributed by atoms with Crippen LogP contribution < -0.4 is 5.32 Å². The van der Waals surface area contributed by atoms with Gasteiger partial charge >= 0.3 is 0 Å². The molecule has 1 aromatic heterocycles. The zero-order chi connectivity index (χ0) is 25.5. The maximum absolute atomic E-state index is 12.9. The van der Waals surface area contributed by atoms with Crippen molar-refractivity contribution in [3.05, 3.63) is 107 Å². The molecular formula is C30H34N4OS. The number of aryl methyl sites for hydroxylation is 2. The molecule has 0 aliphatic rings. The molecule has 3 aromatic carbocycles. The van der Waals surface area contributed by atoms with Gasteiger partial charge in [-0.3, -0.25) is 9.36 Å². The summed E-state index contributed by atoms with van der Waals surface area (Å²) in [5, 5.41) is 13.3. The molecule has 36 heavy (non-hydrogen) atoms. The number of nitrogens with zero attached hydrogens (tertiary/aromatic N) is 3. The lowest BCUT2D eigenvalue weighted by molar-refractivity contribution is -0.122. The lowest BCUT2D eigenvalue weighted by atomic mass is 10.0. The van der Waals surface area contributed by atoms with Crippen LogP contribution in [0.25, 0.3) is 5.69 Å². The van der Waals surface area contributed by atoms with Gasteiger partial charge in [0.2, 0.25) is 5.91 Å². The van der Waals surface area contributed by atoms with E-state index in [0.29, 0.717) is 12.8 Å². The fourth-order valence-corrected chi connectivity index (χ4v) is 5.07. The highest BCUT2D eigenvalue weighted by molar-refractivity contribution is 7.98. The third-order valence-electron chi connectivity index (χ3n) is 5.92. The minimum absolute atomic E-state index is 0.0263. The summed E-state index contributed by atoms with van der Waals surface area (Å²) >= 11 is 1.66. The van der Waals surface area contributed by atoms with E-state index in [9.17, 15) is 4.79 Å². The van der Waals surface area contributed by atoms with E-state index in [0.717, 1.165) is 28.0 Å². The van der Waals surface area contributed by atoms with Crippen molar-refractivity contribution in [3.8, 4) is 5.69 Å².